The summed E-state index contributed by atoms with van der Waals surface area (Å²) in [5, 5.41) is 5.74. The van der Waals surface area contributed by atoms with Crippen molar-refractivity contribution in [2.24, 2.45) is 0 Å². The van der Waals surface area contributed by atoms with Crippen LogP contribution in [0.4, 0.5) is 10.3 Å². The Labute approximate surface area is 125 Å². The lowest BCUT2D eigenvalue weighted by Gasteiger charge is -2.09. The van der Waals surface area contributed by atoms with Gasteiger partial charge in [0.05, 0.1) is 5.39 Å². The Morgan fingerprint density at radius 1 is 1.29 bits per heavy atom. The van der Waals surface area contributed by atoms with E-state index < -0.39 is 5.82 Å². The maximum Gasteiger partial charge on any atom is 0.233 e. The summed E-state index contributed by atoms with van der Waals surface area (Å²) in [5.41, 5.74) is 0.925. The summed E-state index contributed by atoms with van der Waals surface area (Å²) in [5.74, 6) is 0.605. The molecule has 0 saturated heterocycles. The molecule has 0 unspecified atom stereocenters. The van der Waals surface area contributed by atoms with Crippen molar-refractivity contribution in [2.45, 2.75) is 13.8 Å². The van der Waals surface area contributed by atoms with Crippen LogP contribution in [-0.2, 0) is 0 Å². The van der Waals surface area contributed by atoms with Crippen molar-refractivity contribution in [3.05, 3.63) is 41.0 Å². The summed E-state index contributed by atoms with van der Waals surface area (Å²) in [7, 11) is 0. The average Bonchev–Trinajstić information content (AvgIpc) is 2.92. The van der Waals surface area contributed by atoms with Crippen molar-refractivity contribution >= 4 is 27.5 Å². The summed E-state index contributed by atoms with van der Waals surface area (Å²) in [6.07, 6.45) is 0. The van der Waals surface area contributed by atoms with E-state index in [1.807, 2.05) is 25.3 Å². The molecule has 0 aliphatic carbocycles. The van der Waals surface area contributed by atoms with E-state index in [2.05, 4.69) is 15.3 Å². The largest absolute Gasteiger partial charge is 0.435 e. The number of hydrogen-bond acceptors (Lipinski definition) is 5. The van der Waals surface area contributed by atoms with Crippen LogP contribution in [0, 0.1) is 12.7 Å². The lowest BCUT2D eigenvalue weighted by atomic mass is 10.2. The van der Waals surface area contributed by atoms with Crippen LogP contribution < -0.4 is 10.1 Å². The highest BCUT2D eigenvalue weighted by molar-refractivity contribution is 7.16. The van der Waals surface area contributed by atoms with Crippen molar-refractivity contribution < 1.29 is 9.13 Å². The Morgan fingerprint density at radius 3 is 2.95 bits per heavy atom. The number of hydrogen-bond donors (Lipinski definition) is 1. The van der Waals surface area contributed by atoms with Crippen molar-refractivity contribution in [3.63, 3.8) is 0 Å². The molecule has 0 amide bonds. The molecule has 3 aromatic rings. The van der Waals surface area contributed by atoms with Gasteiger partial charge in [0.2, 0.25) is 11.8 Å². The number of thiophene rings is 1. The van der Waals surface area contributed by atoms with Gasteiger partial charge in [0.15, 0.2) is 11.6 Å². The molecule has 2 heterocycles. The molecule has 108 valence electrons. The van der Waals surface area contributed by atoms with Gasteiger partial charge in [0, 0.05) is 6.54 Å². The van der Waals surface area contributed by atoms with Gasteiger partial charge in [-0.1, -0.05) is 6.07 Å². The highest BCUT2D eigenvalue weighted by atomic mass is 32.1. The van der Waals surface area contributed by atoms with Gasteiger partial charge in [-0.25, -0.2) is 9.37 Å². The molecule has 0 bridgehead atoms. The van der Waals surface area contributed by atoms with Gasteiger partial charge in [-0.05, 0) is 43.0 Å². The predicted octanol–water partition coefficient (Wildman–Crippen LogP) is 4.36. The van der Waals surface area contributed by atoms with Crippen molar-refractivity contribution in [3.8, 4) is 11.6 Å². The van der Waals surface area contributed by atoms with E-state index in [1.54, 1.807) is 12.1 Å². The maximum absolute atomic E-state index is 13.8. The third-order valence-electron chi connectivity index (χ3n) is 2.92. The first-order valence-electron chi connectivity index (χ1n) is 6.60. The summed E-state index contributed by atoms with van der Waals surface area (Å²) in [6.45, 7) is 4.55. The molecule has 3 rings (SSSR count). The fourth-order valence-corrected chi connectivity index (χ4v) is 2.69. The van der Waals surface area contributed by atoms with Crippen LogP contribution in [0.15, 0.2) is 29.6 Å². The molecule has 4 nitrogen and oxygen atoms in total. The second-order valence-corrected chi connectivity index (χ2v) is 5.45. The van der Waals surface area contributed by atoms with E-state index in [-0.39, 0.29) is 5.75 Å². The standard InChI is InChI=1S/C15H14FN3OS/c1-3-17-15-18-13(10-6-7-21-14(10)19-15)20-12-8-9(2)4-5-11(12)16/h4-8H,3H2,1-2H3,(H,17,18,19). The number of nitrogens with zero attached hydrogens (tertiary/aromatic N) is 2. The Kier molecular flexibility index (Phi) is 3.70. The van der Waals surface area contributed by atoms with Crippen LogP contribution >= 0.6 is 11.3 Å². The van der Waals surface area contributed by atoms with E-state index >= 15 is 0 Å². The smallest absolute Gasteiger partial charge is 0.233 e. The number of ether oxygens (including phenoxy) is 1. The average molecular weight is 303 g/mol. The van der Waals surface area contributed by atoms with Gasteiger partial charge < -0.3 is 10.1 Å². The van der Waals surface area contributed by atoms with E-state index in [9.17, 15) is 4.39 Å². The number of aromatic nitrogens is 2. The first kappa shape index (κ1) is 13.8. The molecule has 0 aliphatic heterocycles. The van der Waals surface area contributed by atoms with Crippen LogP contribution in [0.25, 0.3) is 10.2 Å². The number of rotatable bonds is 4. The molecule has 21 heavy (non-hydrogen) atoms. The second-order valence-electron chi connectivity index (χ2n) is 4.56. The molecule has 6 heteroatoms. The molecule has 0 fully saturated rings. The molecule has 2 aromatic heterocycles. The Balaban J connectivity index is 2.06. The summed E-state index contributed by atoms with van der Waals surface area (Å²) < 4.78 is 19.5. The fraction of sp³-hybridized carbons (Fsp3) is 0.200. The fourth-order valence-electron chi connectivity index (χ4n) is 1.94. The van der Waals surface area contributed by atoms with Crippen molar-refractivity contribution in [1.82, 2.24) is 9.97 Å². The molecule has 1 N–H and O–H groups in total. The normalized spacial score (nSPS) is 10.8. The van der Waals surface area contributed by atoms with Crippen LogP contribution in [0.1, 0.15) is 12.5 Å². The first-order chi connectivity index (χ1) is 10.2. The SMILES string of the molecule is CCNc1nc(Oc2cc(C)ccc2F)c2ccsc2n1. The van der Waals surface area contributed by atoms with E-state index in [0.717, 1.165) is 15.8 Å². The van der Waals surface area contributed by atoms with Crippen LogP contribution in [0.2, 0.25) is 0 Å². The number of halogens is 1. The third-order valence-corrected chi connectivity index (χ3v) is 3.72. The minimum Gasteiger partial charge on any atom is -0.435 e. The zero-order chi connectivity index (χ0) is 14.8. The van der Waals surface area contributed by atoms with Gasteiger partial charge in [-0.3, -0.25) is 0 Å². The highest BCUT2D eigenvalue weighted by Crippen LogP contribution is 2.32. The zero-order valence-corrected chi connectivity index (χ0v) is 12.5. The molecule has 0 atom stereocenters. The number of fused-ring (bicyclic) bond motifs is 1. The number of nitrogens with one attached hydrogen (secondary N) is 1. The molecule has 0 aliphatic rings. The molecule has 1 aromatic carbocycles. The summed E-state index contributed by atoms with van der Waals surface area (Å²) in [4.78, 5) is 9.52. The number of benzene rings is 1. The molecular formula is C15H14FN3OS. The lowest BCUT2D eigenvalue weighted by Crippen LogP contribution is -2.03. The predicted molar refractivity (Wildman–Crippen MR) is 82.8 cm³/mol. The topological polar surface area (TPSA) is 47.0 Å². The van der Waals surface area contributed by atoms with Crippen LogP contribution in [-0.4, -0.2) is 16.5 Å². The van der Waals surface area contributed by atoms with Gasteiger partial charge in [0.1, 0.15) is 4.83 Å². The second kappa shape index (κ2) is 5.65. The maximum atomic E-state index is 13.8. The number of anilines is 1. The molecule has 0 saturated carbocycles. The molecule has 0 radical (unpaired) electrons. The quantitative estimate of drug-likeness (QED) is 0.778. The Bertz CT molecular complexity index is 788. The minimum absolute atomic E-state index is 0.170. The Morgan fingerprint density at radius 2 is 2.14 bits per heavy atom. The zero-order valence-electron chi connectivity index (χ0n) is 11.7. The molecular weight excluding hydrogens is 289 g/mol. The summed E-state index contributed by atoms with van der Waals surface area (Å²) in [6, 6.07) is 6.62. The lowest BCUT2D eigenvalue weighted by molar-refractivity contribution is 0.432. The van der Waals surface area contributed by atoms with Gasteiger partial charge >= 0.3 is 0 Å². The third kappa shape index (κ3) is 2.80. The highest BCUT2D eigenvalue weighted by Gasteiger charge is 2.13. The van der Waals surface area contributed by atoms with E-state index in [0.29, 0.717) is 18.4 Å². The van der Waals surface area contributed by atoms with E-state index in [1.165, 1.54) is 17.4 Å². The number of aryl methyl sites for hydroxylation is 1. The summed E-state index contributed by atoms with van der Waals surface area (Å²) >= 11 is 1.49. The monoisotopic (exact) mass is 303 g/mol. The first-order valence-corrected chi connectivity index (χ1v) is 7.48. The van der Waals surface area contributed by atoms with Gasteiger partial charge in [-0.15, -0.1) is 11.3 Å². The van der Waals surface area contributed by atoms with Crippen LogP contribution in [0.3, 0.4) is 0 Å². The van der Waals surface area contributed by atoms with Crippen molar-refractivity contribution in [1.29, 1.82) is 0 Å². The van der Waals surface area contributed by atoms with Gasteiger partial charge in [0.25, 0.3) is 0 Å². The minimum atomic E-state index is -0.410. The van der Waals surface area contributed by atoms with Gasteiger partial charge in [-0.2, -0.15) is 4.98 Å². The van der Waals surface area contributed by atoms with E-state index in [4.69, 9.17) is 4.74 Å². The van der Waals surface area contributed by atoms with Crippen LogP contribution in [0.5, 0.6) is 11.6 Å². The molecule has 0 spiro atoms. The Hall–Kier alpha value is -2.21. The van der Waals surface area contributed by atoms with Crippen molar-refractivity contribution in [2.75, 3.05) is 11.9 Å².